The summed E-state index contributed by atoms with van der Waals surface area (Å²) in [6.07, 6.45) is 0. The molecule has 0 saturated carbocycles. The predicted octanol–water partition coefficient (Wildman–Crippen LogP) is 2.20. The van der Waals surface area contributed by atoms with Crippen LogP contribution in [0.4, 0.5) is 0 Å². The van der Waals surface area contributed by atoms with E-state index in [1.54, 1.807) is 0 Å². The van der Waals surface area contributed by atoms with Crippen molar-refractivity contribution in [3.63, 3.8) is 0 Å². The SMILES string of the molecule is CC(C)(ON)c1cc(-c2ccccc2)n[nH]1. The van der Waals surface area contributed by atoms with Gasteiger partial charge in [-0.25, -0.2) is 5.90 Å². The summed E-state index contributed by atoms with van der Waals surface area (Å²) >= 11 is 0. The molecule has 2 aromatic rings. The zero-order chi connectivity index (χ0) is 11.6. The van der Waals surface area contributed by atoms with Crippen LogP contribution in [-0.2, 0) is 10.4 Å². The molecule has 4 heteroatoms. The molecular weight excluding hydrogens is 202 g/mol. The molecule has 0 unspecified atom stereocenters. The van der Waals surface area contributed by atoms with Gasteiger partial charge in [-0.3, -0.25) is 9.94 Å². The highest BCUT2D eigenvalue weighted by Crippen LogP contribution is 2.25. The van der Waals surface area contributed by atoms with Crippen LogP contribution in [0.3, 0.4) is 0 Å². The van der Waals surface area contributed by atoms with E-state index in [1.165, 1.54) is 0 Å². The Morgan fingerprint density at radius 2 is 1.94 bits per heavy atom. The number of nitrogens with zero attached hydrogens (tertiary/aromatic N) is 1. The summed E-state index contributed by atoms with van der Waals surface area (Å²) in [6, 6.07) is 11.9. The molecule has 0 spiro atoms. The van der Waals surface area contributed by atoms with Crippen molar-refractivity contribution in [3.05, 3.63) is 42.1 Å². The zero-order valence-corrected chi connectivity index (χ0v) is 9.40. The van der Waals surface area contributed by atoms with Crippen molar-refractivity contribution in [2.45, 2.75) is 19.4 Å². The number of aromatic nitrogens is 2. The Bertz CT molecular complexity index is 462. The first-order valence-corrected chi connectivity index (χ1v) is 5.13. The van der Waals surface area contributed by atoms with Gasteiger partial charge < -0.3 is 0 Å². The highest BCUT2D eigenvalue weighted by molar-refractivity contribution is 5.59. The number of benzene rings is 1. The molecule has 3 N–H and O–H groups in total. The maximum atomic E-state index is 5.24. The second-order valence-electron chi connectivity index (χ2n) is 4.16. The average Bonchev–Trinajstić information content (AvgIpc) is 2.80. The fraction of sp³-hybridized carbons (Fsp3) is 0.250. The van der Waals surface area contributed by atoms with E-state index in [1.807, 2.05) is 50.2 Å². The van der Waals surface area contributed by atoms with E-state index in [0.717, 1.165) is 17.0 Å². The minimum absolute atomic E-state index is 0.556. The normalized spacial score (nSPS) is 11.7. The lowest BCUT2D eigenvalue weighted by Gasteiger charge is -2.19. The van der Waals surface area contributed by atoms with Gasteiger partial charge in [-0.15, -0.1) is 0 Å². The Kier molecular flexibility index (Phi) is 2.77. The summed E-state index contributed by atoms with van der Waals surface area (Å²) in [4.78, 5) is 4.90. The van der Waals surface area contributed by atoms with Crippen LogP contribution in [0.25, 0.3) is 11.3 Å². The van der Waals surface area contributed by atoms with Gasteiger partial charge in [0, 0.05) is 5.56 Å². The Morgan fingerprint density at radius 3 is 2.56 bits per heavy atom. The van der Waals surface area contributed by atoms with E-state index in [4.69, 9.17) is 10.7 Å². The van der Waals surface area contributed by atoms with Gasteiger partial charge >= 0.3 is 0 Å². The van der Waals surface area contributed by atoms with Gasteiger partial charge in [0.2, 0.25) is 0 Å². The van der Waals surface area contributed by atoms with Crippen molar-refractivity contribution in [2.75, 3.05) is 0 Å². The van der Waals surface area contributed by atoms with E-state index >= 15 is 0 Å². The third kappa shape index (κ3) is 1.98. The van der Waals surface area contributed by atoms with Gasteiger partial charge in [-0.05, 0) is 19.9 Å². The van der Waals surface area contributed by atoms with E-state index in [9.17, 15) is 0 Å². The average molecular weight is 217 g/mol. The Labute approximate surface area is 94.4 Å². The Morgan fingerprint density at radius 1 is 1.25 bits per heavy atom. The summed E-state index contributed by atoms with van der Waals surface area (Å²) in [5.41, 5.74) is 2.26. The molecule has 84 valence electrons. The quantitative estimate of drug-likeness (QED) is 0.775. The smallest absolute Gasteiger partial charge is 0.125 e. The van der Waals surface area contributed by atoms with E-state index in [0.29, 0.717) is 0 Å². The monoisotopic (exact) mass is 217 g/mol. The lowest BCUT2D eigenvalue weighted by atomic mass is 10.0. The van der Waals surface area contributed by atoms with Gasteiger partial charge in [0.25, 0.3) is 0 Å². The predicted molar refractivity (Wildman–Crippen MR) is 62.3 cm³/mol. The molecule has 0 atom stereocenters. The molecule has 0 bridgehead atoms. The first-order chi connectivity index (χ1) is 7.63. The largest absolute Gasteiger partial charge is 0.292 e. The van der Waals surface area contributed by atoms with Crippen molar-refractivity contribution in [2.24, 2.45) is 5.90 Å². The van der Waals surface area contributed by atoms with Crippen LogP contribution in [0.5, 0.6) is 0 Å². The summed E-state index contributed by atoms with van der Waals surface area (Å²) in [7, 11) is 0. The van der Waals surface area contributed by atoms with Gasteiger partial charge in [0.1, 0.15) is 5.60 Å². The number of nitrogens with two attached hydrogens (primary N) is 1. The highest BCUT2D eigenvalue weighted by Gasteiger charge is 2.23. The van der Waals surface area contributed by atoms with Gasteiger partial charge in [0.05, 0.1) is 11.4 Å². The van der Waals surface area contributed by atoms with Crippen LogP contribution in [0.2, 0.25) is 0 Å². The van der Waals surface area contributed by atoms with Crippen molar-refractivity contribution in [1.82, 2.24) is 10.2 Å². The van der Waals surface area contributed by atoms with Gasteiger partial charge in [-0.1, -0.05) is 30.3 Å². The molecule has 0 saturated heterocycles. The van der Waals surface area contributed by atoms with E-state index in [-0.39, 0.29) is 0 Å². The number of aromatic amines is 1. The Hall–Kier alpha value is -1.65. The van der Waals surface area contributed by atoms with Crippen LogP contribution in [-0.4, -0.2) is 10.2 Å². The summed E-state index contributed by atoms with van der Waals surface area (Å²) in [5, 5.41) is 7.18. The number of hydrogen-bond acceptors (Lipinski definition) is 3. The second kappa shape index (κ2) is 4.08. The first-order valence-electron chi connectivity index (χ1n) is 5.13. The number of nitrogens with one attached hydrogen (secondary N) is 1. The Balaban J connectivity index is 2.34. The summed E-state index contributed by atoms with van der Waals surface area (Å²) in [6.45, 7) is 3.77. The summed E-state index contributed by atoms with van der Waals surface area (Å²) in [5.74, 6) is 5.24. The van der Waals surface area contributed by atoms with E-state index in [2.05, 4.69) is 10.2 Å². The van der Waals surface area contributed by atoms with E-state index < -0.39 is 5.60 Å². The summed E-state index contributed by atoms with van der Waals surface area (Å²) < 4.78 is 0. The minimum atomic E-state index is -0.556. The van der Waals surface area contributed by atoms with Crippen molar-refractivity contribution >= 4 is 0 Å². The molecule has 1 aromatic carbocycles. The number of H-pyrrole nitrogens is 1. The first kappa shape index (κ1) is 10.9. The second-order valence-corrected chi connectivity index (χ2v) is 4.16. The fourth-order valence-electron chi connectivity index (χ4n) is 1.45. The molecule has 0 aliphatic carbocycles. The van der Waals surface area contributed by atoms with Gasteiger partial charge in [-0.2, -0.15) is 5.10 Å². The molecule has 0 fully saturated rings. The molecule has 1 heterocycles. The third-order valence-corrected chi connectivity index (χ3v) is 2.59. The van der Waals surface area contributed by atoms with Crippen molar-refractivity contribution in [1.29, 1.82) is 0 Å². The zero-order valence-electron chi connectivity index (χ0n) is 9.40. The maximum Gasteiger partial charge on any atom is 0.125 e. The molecular formula is C12H15N3O. The topological polar surface area (TPSA) is 63.9 Å². The molecule has 2 rings (SSSR count). The van der Waals surface area contributed by atoms with Crippen molar-refractivity contribution in [3.8, 4) is 11.3 Å². The maximum absolute atomic E-state index is 5.24. The fourth-order valence-corrected chi connectivity index (χ4v) is 1.45. The van der Waals surface area contributed by atoms with Crippen LogP contribution in [0.15, 0.2) is 36.4 Å². The van der Waals surface area contributed by atoms with Gasteiger partial charge in [0.15, 0.2) is 0 Å². The highest BCUT2D eigenvalue weighted by atomic mass is 16.6. The lowest BCUT2D eigenvalue weighted by Crippen LogP contribution is -2.25. The van der Waals surface area contributed by atoms with Crippen LogP contribution in [0.1, 0.15) is 19.5 Å². The molecule has 0 aliphatic rings. The molecule has 0 radical (unpaired) electrons. The lowest BCUT2D eigenvalue weighted by molar-refractivity contribution is -0.0268. The van der Waals surface area contributed by atoms with Crippen LogP contribution >= 0.6 is 0 Å². The molecule has 16 heavy (non-hydrogen) atoms. The third-order valence-electron chi connectivity index (χ3n) is 2.59. The minimum Gasteiger partial charge on any atom is -0.292 e. The number of hydrogen-bond donors (Lipinski definition) is 2. The molecule has 4 nitrogen and oxygen atoms in total. The molecule has 1 aromatic heterocycles. The van der Waals surface area contributed by atoms with Crippen LogP contribution < -0.4 is 5.90 Å². The standard InChI is InChI=1S/C12H15N3O/c1-12(2,16-13)11-8-10(14-15-11)9-6-4-3-5-7-9/h3-8H,13H2,1-2H3,(H,14,15). The van der Waals surface area contributed by atoms with Crippen LogP contribution in [0, 0.1) is 0 Å². The molecule has 0 amide bonds. The van der Waals surface area contributed by atoms with Crippen molar-refractivity contribution < 1.29 is 4.84 Å². The number of rotatable bonds is 3. The molecule has 0 aliphatic heterocycles.